The summed E-state index contributed by atoms with van der Waals surface area (Å²) in [4.78, 5) is 27.4. The van der Waals surface area contributed by atoms with E-state index in [0.717, 1.165) is 11.1 Å². The van der Waals surface area contributed by atoms with Crippen molar-refractivity contribution in [1.29, 1.82) is 0 Å². The van der Waals surface area contributed by atoms with Crippen LogP contribution in [0.3, 0.4) is 0 Å². The third-order valence-corrected chi connectivity index (χ3v) is 3.64. The Bertz CT molecular complexity index is 894. The molecule has 0 spiro atoms. The second kappa shape index (κ2) is 7.91. The molecule has 1 heterocycles. The Balaban J connectivity index is 1.60. The molecule has 0 aliphatic rings. The van der Waals surface area contributed by atoms with Crippen molar-refractivity contribution in [3.63, 3.8) is 0 Å². The van der Waals surface area contributed by atoms with Crippen LogP contribution in [0.2, 0.25) is 0 Å². The van der Waals surface area contributed by atoms with E-state index in [1.165, 1.54) is 12.1 Å². The molecule has 0 saturated heterocycles. The molecule has 26 heavy (non-hydrogen) atoms. The molecule has 1 aromatic heterocycles. The van der Waals surface area contributed by atoms with Gasteiger partial charge in [0.1, 0.15) is 0 Å². The molecule has 0 aliphatic heterocycles. The predicted octanol–water partition coefficient (Wildman–Crippen LogP) is 3.51. The summed E-state index contributed by atoms with van der Waals surface area (Å²) in [7, 11) is 0. The van der Waals surface area contributed by atoms with Crippen molar-refractivity contribution in [2.45, 2.75) is 0 Å². The smallest absolute Gasteiger partial charge is 0.308 e. The molecule has 3 amide bonds. The van der Waals surface area contributed by atoms with Crippen LogP contribution in [0.4, 0.5) is 16.2 Å². The molecule has 0 saturated carbocycles. The topological polar surface area (TPSA) is 103 Å². The van der Waals surface area contributed by atoms with Gasteiger partial charge in [0, 0.05) is 29.3 Å². The molecule has 0 unspecified atom stereocenters. The van der Waals surface area contributed by atoms with Gasteiger partial charge in [-0.1, -0.05) is 18.2 Å². The summed E-state index contributed by atoms with van der Waals surface area (Å²) in [6.07, 6.45) is 3.49. The van der Waals surface area contributed by atoms with E-state index in [-0.39, 0.29) is 5.56 Å². The Labute approximate surface area is 149 Å². The van der Waals surface area contributed by atoms with Gasteiger partial charge in [-0.2, -0.15) is 0 Å². The lowest BCUT2D eigenvalue weighted by Crippen LogP contribution is -2.20. The van der Waals surface area contributed by atoms with Crippen LogP contribution >= 0.6 is 0 Å². The molecule has 0 fully saturated rings. The van der Waals surface area contributed by atoms with Gasteiger partial charge in [0.15, 0.2) is 0 Å². The third kappa shape index (κ3) is 4.22. The lowest BCUT2D eigenvalue weighted by Gasteiger charge is -2.09. The number of carbonyl (C=O) groups is 2. The number of nitrogens with zero attached hydrogens (tertiary/aromatic N) is 1. The minimum atomic E-state index is -0.616. The molecule has 4 N–H and O–H groups in total. The van der Waals surface area contributed by atoms with Crippen molar-refractivity contribution in [1.82, 2.24) is 10.5 Å². The van der Waals surface area contributed by atoms with Crippen LogP contribution in [-0.4, -0.2) is 22.1 Å². The van der Waals surface area contributed by atoms with Crippen LogP contribution in [0.15, 0.2) is 73.1 Å². The Hall–Kier alpha value is -3.71. The summed E-state index contributed by atoms with van der Waals surface area (Å²) in [5, 5.41) is 14.0. The number of pyridine rings is 1. The maximum absolute atomic E-state index is 12.1. The van der Waals surface area contributed by atoms with Gasteiger partial charge >= 0.3 is 6.03 Å². The van der Waals surface area contributed by atoms with Gasteiger partial charge in [-0.25, -0.2) is 10.3 Å². The first kappa shape index (κ1) is 17.1. The largest absolute Gasteiger partial charge is 0.323 e. The highest BCUT2D eigenvalue weighted by atomic mass is 16.5. The molecule has 0 aliphatic carbocycles. The summed E-state index contributed by atoms with van der Waals surface area (Å²) in [5.41, 5.74) is 4.99. The first-order valence-corrected chi connectivity index (χ1v) is 7.79. The van der Waals surface area contributed by atoms with Gasteiger partial charge in [0.05, 0.1) is 0 Å². The number of rotatable bonds is 4. The van der Waals surface area contributed by atoms with Crippen LogP contribution in [0.1, 0.15) is 10.4 Å². The van der Waals surface area contributed by atoms with Crippen molar-refractivity contribution in [3.8, 4) is 11.1 Å². The highest BCUT2D eigenvalue weighted by molar-refractivity contribution is 6.00. The molecular weight excluding hydrogens is 332 g/mol. The van der Waals surface area contributed by atoms with Gasteiger partial charge < -0.3 is 10.6 Å². The number of carbonyl (C=O) groups excluding carboxylic acids is 2. The fraction of sp³-hybridized carbons (Fsp3) is 0. The maximum Gasteiger partial charge on any atom is 0.323 e. The van der Waals surface area contributed by atoms with Crippen LogP contribution in [0.25, 0.3) is 11.1 Å². The molecule has 3 rings (SSSR count). The van der Waals surface area contributed by atoms with Crippen molar-refractivity contribution < 1.29 is 14.8 Å². The second-order valence-electron chi connectivity index (χ2n) is 5.42. The molecular formula is C19H16N4O3. The van der Waals surface area contributed by atoms with E-state index < -0.39 is 11.9 Å². The second-order valence-corrected chi connectivity index (χ2v) is 5.42. The van der Waals surface area contributed by atoms with E-state index in [9.17, 15) is 9.59 Å². The first-order valence-electron chi connectivity index (χ1n) is 7.79. The first-order chi connectivity index (χ1) is 12.7. The van der Waals surface area contributed by atoms with Crippen molar-refractivity contribution >= 4 is 23.3 Å². The lowest BCUT2D eigenvalue weighted by atomic mass is 10.1. The average Bonchev–Trinajstić information content (AvgIpc) is 2.69. The maximum atomic E-state index is 12.1. The molecule has 2 aromatic carbocycles. The minimum Gasteiger partial charge on any atom is -0.308 e. The number of amides is 3. The van der Waals surface area contributed by atoms with E-state index in [1.54, 1.807) is 42.1 Å². The zero-order chi connectivity index (χ0) is 18.4. The number of hydroxylamine groups is 1. The lowest BCUT2D eigenvalue weighted by molar-refractivity contribution is 0.0706. The van der Waals surface area contributed by atoms with Crippen molar-refractivity contribution in [3.05, 3.63) is 78.6 Å². The van der Waals surface area contributed by atoms with Gasteiger partial charge in [-0.3, -0.25) is 15.0 Å². The van der Waals surface area contributed by atoms with Crippen molar-refractivity contribution in [2.75, 3.05) is 10.6 Å². The molecule has 3 aromatic rings. The Morgan fingerprint density at radius 1 is 0.808 bits per heavy atom. The van der Waals surface area contributed by atoms with Crippen LogP contribution in [0.5, 0.6) is 0 Å². The zero-order valence-corrected chi connectivity index (χ0v) is 13.6. The van der Waals surface area contributed by atoms with E-state index in [0.29, 0.717) is 11.4 Å². The highest BCUT2D eigenvalue weighted by Crippen LogP contribution is 2.20. The van der Waals surface area contributed by atoms with E-state index in [1.807, 2.05) is 24.3 Å². The number of anilines is 2. The summed E-state index contributed by atoms with van der Waals surface area (Å²) in [6.45, 7) is 0. The number of benzene rings is 2. The van der Waals surface area contributed by atoms with Crippen molar-refractivity contribution in [2.24, 2.45) is 0 Å². The third-order valence-electron chi connectivity index (χ3n) is 3.64. The summed E-state index contributed by atoms with van der Waals surface area (Å²) in [6, 6.07) is 16.9. The Morgan fingerprint density at radius 2 is 1.42 bits per heavy atom. The van der Waals surface area contributed by atoms with Crippen LogP contribution < -0.4 is 16.1 Å². The summed E-state index contributed by atoms with van der Waals surface area (Å²) < 4.78 is 0. The molecule has 7 heteroatoms. The predicted molar refractivity (Wildman–Crippen MR) is 98.0 cm³/mol. The number of aromatic nitrogens is 1. The number of urea groups is 1. The quantitative estimate of drug-likeness (QED) is 0.428. The molecule has 7 nitrogen and oxygen atoms in total. The summed E-state index contributed by atoms with van der Waals surface area (Å²) >= 11 is 0. The van der Waals surface area contributed by atoms with E-state index in [2.05, 4.69) is 15.6 Å². The molecule has 0 radical (unpaired) electrons. The molecule has 0 bridgehead atoms. The van der Waals surface area contributed by atoms with Gasteiger partial charge in [0.2, 0.25) is 0 Å². The minimum absolute atomic E-state index is 0.282. The van der Waals surface area contributed by atoms with Crippen LogP contribution in [0, 0.1) is 0 Å². The average molecular weight is 348 g/mol. The summed E-state index contributed by atoms with van der Waals surface area (Å²) in [5.74, 6) is -0.616. The fourth-order valence-corrected chi connectivity index (χ4v) is 2.34. The number of hydrogen-bond donors (Lipinski definition) is 4. The van der Waals surface area contributed by atoms with Crippen LogP contribution in [-0.2, 0) is 0 Å². The normalized spacial score (nSPS) is 10.0. The molecule has 130 valence electrons. The molecule has 0 atom stereocenters. The fourth-order valence-electron chi connectivity index (χ4n) is 2.34. The standard InChI is InChI=1S/C19H16N4O3/c24-18(23-26)14-5-9-17(10-6-14)22-19(25)21-16-7-3-13(4-8-16)15-2-1-11-20-12-15/h1-12,26H,(H,23,24)(H2,21,22,25). The number of nitrogens with one attached hydrogen (secondary N) is 3. The van der Waals surface area contributed by atoms with E-state index in [4.69, 9.17) is 5.21 Å². The zero-order valence-electron chi connectivity index (χ0n) is 13.6. The monoisotopic (exact) mass is 348 g/mol. The van der Waals surface area contributed by atoms with Gasteiger partial charge in [-0.15, -0.1) is 0 Å². The number of hydrogen-bond acceptors (Lipinski definition) is 4. The Kier molecular flexibility index (Phi) is 5.21. The van der Waals surface area contributed by atoms with Gasteiger partial charge in [0.25, 0.3) is 5.91 Å². The van der Waals surface area contributed by atoms with Gasteiger partial charge in [-0.05, 0) is 53.6 Å². The highest BCUT2D eigenvalue weighted by Gasteiger charge is 2.06. The SMILES string of the molecule is O=C(Nc1ccc(C(=O)NO)cc1)Nc1ccc(-c2cccnc2)cc1. The Morgan fingerprint density at radius 3 is 1.96 bits per heavy atom. The van der Waals surface area contributed by atoms with E-state index >= 15 is 0 Å².